The molecule has 1 atom stereocenters. The number of esters is 1. The lowest BCUT2D eigenvalue weighted by atomic mass is 9.98. The van der Waals surface area contributed by atoms with Gasteiger partial charge in [-0.05, 0) is 52.9 Å². The molecule has 19 heavy (non-hydrogen) atoms. The van der Waals surface area contributed by atoms with Crippen LogP contribution in [0.25, 0.3) is 0 Å². The number of hydrogen-bond donors (Lipinski definition) is 0. The van der Waals surface area contributed by atoms with Crippen LogP contribution in [0.2, 0.25) is 0 Å². The van der Waals surface area contributed by atoms with E-state index in [9.17, 15) is 9.59 Å². The number of carbonyl (C=O) groups excluding carboxylic acids is 2. The van der Waals surface area contributed by atoms with Gasteiger partial charge in [0.25, 0.3) is 0 Å². The second kappa shape index (κ2) is 9.54. The van der Waals surface area contributed by atoms with Crippen LogP contribution in [0.5, 0.6) is 0 Å². The zero-order valence-corrected chi connectivity index (χ0v) is 12.8. The van der Waals surface area contributed by atoms with Gasteiger partial charge in [0.2, 0.25) is 0 Å². The molecule has 0 aliphatic heterocycles. The molecule has 0 fully saturated rings. The Bertz CT molecular complexity index is 360. The summed E-state index contributed by atoms with van der Waals surface area (Å²) in [7, 11) is 0. The number of hydrogen-bond acceptors (Lipinski definition) is 3. The molecule has 108 valence electrons. The molecule has 0 aromatic carbocycles. The van der Waals surface area contributed by atoms with E-state index in [1.165, 1.54) is 12.5 Å². The van der Waals surface area contributed by atoms with E-state index < -0.39 is 5.97 Å². The molecular formula is C16H26O3. The van der Waals surface area contributed by atoms with E-state index in [-0.39, 0.29) is 11.4 Å². The van der Waals surface area contributed by atoms with Crippen LogP contribution in [-0.2, 0) is 14.3 Å². The average molecular weight is 266 g/mol. The summed E-state index contributed by atoms with van der Waals surface area (Å²) in [4.78, 5) is 23.0. The molecule has 0 radical (unpaired) electrons. The van der Waals surface area contributed by atoms with Crippen molar-refractivity contribution in [2.45, 2.75) is 53.9 Å². The molecule has 1 unspecified atom stereocenters. The third-order valence-electron chi connectivity index (χ3n) is 2.81. The number of Topliss-reactive ketones (excluding diaryl/α,β-unsaturated/α-hetero) is 1. The van der Waals surface area contributed by atoms with Crippen LogP contribution >= 0.6 is 0 Å². The van der Waals surface area contributed by atoms with E-state index in [1.807, 2.05) is 0 Å². The first kappa shape index (κ1) is 17.6. The van der Waals surface area contributed by atoms with Gasteiger partial charge in [-0.25, -0.2) is 4.79 Å². The Morgan fingerprint density at radius 3 is 2.26 bits per heavy atom. The lowest BCUT2D eigenvalue weighted by Crippen LogP contribution is -2.14. The van der Waals surface area contributed by atoms with Crippen molar-refractivity contribution in [3.63, 3.8) is 0 Å². The first-order valence-electron chi connectivity index (χ1n) is 6.90. The van der Waals surface area contributed by atoms with Gasteiger partial charge in [0.15, 0.2) is 5.78 Å². The maximum Gasteiger partial charge on any atom is 0.341 e. The lowest BCUT2D eigenvalue weighted by molar-refractivity contribution is -0.139. The number of ether oxygens (including phenoxy) is 1. The highest BCUT2D eigenvalue weighted by atomic mass is 16.5. The predicted molar refractivity (Wildman–Crippen MR) is 77.8 cm³/mol. The summed E-state index contributed by atoms with van der Waals surface area (Å²) in [5, 5.41) is 0. The van der Waals surface area contributed by atoms with Crippen molar-refractivity contribution in [1.29, 1.82) is 0 Å². The number of carbonyl (C=O) groups is 2. The van der Waals surface area contributed by atoms with Gasteiger partial charge in [0.1, 0.15) is 0 Å². The normalized spacial score (nSPS) is 12.8. The zero-order chi connectivity index (χ0) is 14.8. The molecular weight excluding hydrogens is 240 g/mol. The van der Waals surface area contributed by atoms with Crippen molar-refractivity contribution in [1.82, 2.24) is 0 Å². The van der Waals surface area contributed by atoms with E-state index >= 15 is 0 Å². The highest BCUT2D eigenvalue weighted by Gasteiger charge is 2.15. The second-order valence-corrected chi connectivity index (χ2v) is 5.09. The quantitative estimate of drug-likeness (QED) is 0.220. The standard InChI is InChI=1S/C16H26O3/c1-6-19-16(18)15(14(5)17)11-10-13(4)9-7-8-12(2)3/h8,11,13H,6-7,9-10H2,1-5H3/b15-11-. The van der Waals surface area contributed by atoms with Gasteiger partial charge in [-0.1, -0.05) is 24.6 Å². The van der Waals surface area contributed by atoms with Crippen LogP contribution in [0.15, 0.2) is 23.3 Å². The first-order valence-corrected chi connectivity index (χ1v) is 6.90. The summed E-state index contributed by atoms with van der Waals surface area (Å²) >= 11 is 0. The summed E-state index contributed by atoms with van der Waals surface area (Å²) in [5.41, 5.74) is 1.50. The fourth-order valence-electron chi connectivity index (χ4n) is 1.67. The fourth-order valence-corrected chi connectivity index (χ4v) is 1.67. The average Bonchev–Trinajstić information content (AvgIpc) is 2.28. The van der Waals surface area contributed by atoms with Crippen LogP contribution in [0, 0.1) is 5.92 Å². The third-order valence-corrected chi connectivity index (χ3v) is 2.81. The van der Waals surface area contributed by atoms with Crippen LogP contribution in [-0.4, -0.2) is 18.4 Å². The van der Waals surface area contributed by atoms with Crippen molar-refractivity contribution < 1.29 is 14.3 Å². The molecule has 0 aliphatic carbocycles. The van der Waals surface area contributed by atoms with Gasteiger partial charge < -0.3 is 4.74 Å². The minimum absolute atomic E-state index is 0.177. The minimum Gasteiger partial charge on any atom is -0.462 e. The molecule has 3 nitrogen and oxygen atoms in total. The van der Waals surface area contributed by atoms with Gasteiger partial charge in [-0.2, -0.15) is 0 Å². The summed E-state index contributed by atoms with van der Waals surface area (Å²) in [6, 6.07) is 0. The van der Waals surface area contributed by atoms with Crippen LogP contribution in [0.1, 0.15) is 53.9 Å². The molecule has 0 bridgehead atoms. The van der Waals surface area contributed by atoms with Crippen LogP contribution in [0.4, 0.5) is 0 Å². The molecule has 3 heteroatoms. The summed E-state index contributed by atoms with van der Waals surface area (Å²) < 4.78 is 4.87. The Morgan fingerprint density at radius 1 is 1.16 bits per heavy atom. The van der Waals surface area contributed by atoms with Crippen molar-refractivity contribution in [2.24, 2.45) is 5.92 Å². The topological polar surface area (TPSA) is 43.4 Å². The van der Waals surface area contributed by atoms with Gasteiger partial charge >= 0.3 is 5.97 Å². The largest absolute Gasteiger partial charge is 0.462 e. The SMILES string of the molecule is CCOC(=O)/C(=C\CC(C)CCC=C(C)C)C(C)=O. The van der Waals surface area contributed by atoms with E-state index in [1.54, 1.807) is 13.0 Å². The molecule has 0 rings (SSSR count). The van der Waals surface area contributed by atoms with Crippen LogP contribution < -0.4 is 0 Å². The monoisotopic (exact) mass is 266 g/mol. The molecule has 0 aromatic heterocycles. The molecule has 0 amide bonds. The van der Waals surface area contributed by atoms with Gasteiger partial charge in [0.05, 0.1) is 12.2 Å². The van der Waals surface area contributed by atoms with E-state index in [2.05, 4.69) is 26.8 Å². The predicted octanol–water partition coefficient (Wildman–Crippen LogP) is 3.84. The molecule has 0 N–H and O–H groups in total. The van der Waals surface area contributed by atoms with Gasteiger partial charge in [-0.3, -0.25) is 4.79 Å². The molecule has 0 saturated heterocycles. The van der Waals surface area contributed by atoms with Crippen molar-refractivity contribution in [3.8, 4) is 0 Å². The summed E-state index contributed by atoms with van der Waals surface area (Å²) in [6.45, 7) is 9.71. The maximum atomic E-state index is 11.6. The Kier molecular flexibility index (Phi) is 8.84. The molecule has 0 spiro atoms. The number of rotatable bonds is 8. The Hall–Kier alpha value is -1.38. The summed E-state index contributed by atoms with van der Waals surface area (Å²) in [5.74, 6) is -0.291. The van der Waals surface area contributed by atoms with Gasteiger partial charge in [-0.15, -0.1) is 0 Å². The fraction of sp³-hybridized carbons (Fsp3) is 0.625. The van der Waals surface area contributed by atoms with Crippen molar-refractivity contribution in [2.75, 3.05) is 6.61 Å². The van der Waals surface area contributed by atoms with Crippen molar-refractivity contribution in [3.05, 3.63) is 23.3 Å². The van der Waals surface area contributed by atoms with E-state index in [0.29, 0.717) is 12.5 Å². The molecule has 0 aliphatic rings. The minimum atomic E-state index is -0.508. The smallest absolute Gasteiger partial charge is 0.341 e. The highest BCUT2D eigenvalue weighted by molar-refractivity contribution is 6.16. The Labute approximate surface area is 116 Å². The zero-order valence-electron chi connectivity index (χ0n) is 12.8. The summed E-state index contributed by atoms with van der Waals surface area (Å²) in [6.07, 6.45) is 6.73. The number of allylic oxidation sites excluding steroid dienone is 3. The van der Waals surface area contributed by atoms with Gasteiger partial charge in [0, 0.05) is 0 Å². The number of ketones is 1. The highest BCUT2D eigenvalue weighted by Crippen LogP contribution is 2.14. The lowest BCUT2D eigenvalue weighted by Gasteiger charge is -2.08. The molecule has 0 heterocycles. The maximum absolute atomic E-state index is 11.6. The van der Waals surface area contributed by atoms with E-state index in [0.717, 1.165) is 19.3 Å². The third kappa shape index (κ3) is 8.36. The Balaban J connectivity index is 4.42. The van der Waals surface area contributed by atoms with E-state index in [4.69, 9.17) is 4.74 Å². The molecule has 0 saturated carbocycles. The van der Waals surface area contributed by atoms with Crippen molar-refractivity contribution >= 4 is 11.8 Å². The second-order valence-electron chi connectivity index (χ2n) is 5.09. The Morgan fingerprint density at radius 2 is 1.79 bits per heavy atom. The van der Waals surface area contributed by atoms with Crippen LogP contribution in [0.3, 0.4) is 0 Å². The molecule has 0 aromatic rings. The first-order chi connectivity index (χ1) is 8.88.